The summed E-state index contributed by atoms with van der Waals surface area (Å²) in [6.45, 7) is 0.833. The van der Waals surface area contributed by atoms with Crippen LogP contribution in [0.2, 0.25) is 0 Å². The van der Waals surface area contributed by atoms with Crippen LogP contribution in [0.5, 0.6) is 0 Å². The van der Waals surface area contributed by atoms with Crippen molar-refractivity contribution in [1.82, 2.24) is 20.9 Å². The molecule has 3 unspecified atom stereocenters. The van der Waals surface area contributed by atoms with Crippen LogP contribution < -0.4 is 16.0 Å². The number of rotatable bonds is 12. The summed E-state index contributed by atoms with van der Waals surface area (Å²) in [4.78, 5) is 29.0. The van der Waals surface area contributed by atoms with Gasteiger partial charge in [0.05, 0.1) is 11.8 Å². The van der Waals surface area contributed by atoms with Crippen molar-refractivity contribution in [3.05, 3.63) is 89.6 Å². The van der Waals surface area contributed by atoms with Crippen molar-refractivity contribution in [2.24, 2.45) is 0 Å². The lowest BCUT2D eigenvalue weighted by Crippen LogP contribution is -2.46. The third-order valence-electron chi connectivity index (χ3n) is 6.37. The van der Waals surface area contributed by atoms with Crippen molar-refractivity contribution in [1.29, 1.82) is 0 Å². The minimum absolute atomic E-state index is 0.0112. The predicted octanol–water partition coefficient (Wildman–Crippen LogP) is 4.42. The van der Waals surface area contributed by atoms with Gasteiger partial charge in [-0.1, -0.05) is 42.5 Å². The van der Waals surface area contributed by atoms with E-state index in [4.69, 9.17) is 4.42 Å². The van der Waals surface area contributed by atoms with Gasteiger partial charge in [0.1, 0.15) is 6.04 Å². The zero-order chi connectivity index (χ0) is 26.3. The standard InChI is InChI=1S/C27H29F3N4O3/c28-27(29,30)20-11-9-18(10-12-20)15-33-25(35)22(34-26(36)24-16-31-17-37-24)8-4-5-13-32-23-14-21(23)19-6-2-1-3-7-19/h1-3,6-7,9-12,16-17,21-23,32H,4-5,8,13-15H2,(H,33,35)(H,34,36). The van der Waals surface area contributed by atoms with E-state index in [2.05, 4.69) is 33.1 Å². The lowest BCUT2D eigenvalue weighted by Gasteiger charge is -2.18. The SMILES string of the molecule is O=C(NC(CCCCNC1CC1c1ccccc1)C(=O)NCc1ccc(C(F)(F)F)cc1)c1cnco1. The molecule has 2 aromatic carbocycles. The molecule has 37 heavy (non-hydrogen) atoms. The van der Waals surface area contributed by atoms with E-state index in [9.17, 15) is 22.8 Å². The Bertz CT molecular complexity index is 1150. The average molecular weight is 515 g/mol. The zero-order valence-corrected chi connectivity index (χ0v) is 20.1. The Balaban J connectivity index is 1.25. The van der Waals surface area contributed by atoms with Crippen molar-refractivity contribution in [3.63, 3.8) is 0 Å². The van der Waals surface area contributed by atoms with Gasteiger partial charge in [0.25, 0.3) is 5.91 Å². The molecular formula is C27H29F3N4O3. The molecule has 1 fully saturated rings. The Morgan fingerprint density at radius 3 is 2.49 bits per heavy atom. The molecule has 0 bridgehead atoms. The first-order valence-corrected chi connectivity index (χ1v) is 12.2. The van der Waals surface area contributed by atoms with Crippen molar-refractivity contribution in [2.45, 2.75) is 56.4 Å². The van der Waals surface area contributed by atoms with Crippen LogP contribution in [0.25, 0.3) is 0 Å². The highest BCUT2D eigenvalue weighted by atomic mass is 19.4. The van der Waals surface area contributed by atoms with E-state index in [1.807, 2.05) is 18.2 Å². The minimum atomic E-state index is -4.42. The molecule has 196 valence electrons. The van der Waals surface area contributed by atoms with Gasteiger partial charge < -0.3 is 20.4 Å². The van der Waals surface area contributed by atoms with Crippen LogP contribution in [0.15, 0.2) is 71.6 Å². The summed E-state index contributed by atoms with van der Waals surface area (Å²) in [5, 5.41) is 8.92. The van der Waals surface area contributed by atoms with E-state index in [0.29, 0.717) is 30.4 Å². The quantitative estimate of drug-likeness (QED) is 0.311. The number of hydrogen-bond acceptors (Lipinski definition) is 5. The number of hydrogen-bond donors (Lipinski definition) is 3. The zero-order valence-electron chi connectivity index (χ0n) is 20.1. The van der Waals surface area contributed by atoms with Gasteiger partial charge in [-0.15, -0.1) is 0 Å². The first kappa shape index (κ1) is 26.4. The molecule has 1 aliphatic rings. The van der Waals surface area contributed by atoms with Crippen LogP contribution in [0.4, 0.5) is 13.2 Å². The number of aromatic nitrogens is 1. The smallest absolute Gasteiger partial charge is 0.416 e. The Morgan fingerprint density at radius 2 is 1.81 bits per heavy atom. The van der Waals surface area contributed by atoms with Crippen LogP contribution >= 0.6 is 0 Å². The van der Waals surface area contributed by atoms with Crippen molar-refractivity contribution in [2.75, 3.05) is 6.54 Å². The Hall–Kier alpha value is -3.66. The third kappa shape index (κ3) is 7.66. The fourth-order valence-corrected chi connectivity index (χ4v) is 4.20. The summed E-state index contributed by atoms with van der Waals surface area (Å²) in [6, 6.07) is 14.6. The molecule has 2 amide bonds. The number of carbonyl (C=O) groups excluding carboxylic acids is 2. The molecule has 3 N–H and O–H groups in total. The second-order valence-corrected chi connectivity index (χ2v) is 9.11. The van der Waals surface area contributed by atoms with Gasteiger partial charge in [0.15, 0.2) is 6.39 Å². The van der Waals surface area contributed by atoms with E-state index in [-0.39, 0.29) is 12.3 Å². The Kier molecular flexibility index (Phi) is 8.60. The summed E-state index contributed by atoms with van der Waals surface area (Å²) in [7, 11) is 0. The molecule has 1 saturated carbocycles. The van der Waals surface area contributed by atoms with Crippen LogP contribution in [-0.4, -0.2) is 35.4 Å². The van der Waals surface area contributed by atoms with Gasteiger partial charge in [-0.2, -0.15) is 13.2 Å². The monoisotopic (exact) mass is 514 g/mol. The number of carbonyl (C=O) groups is 2. The van der Waals surface area contributed by atoms with Crippen LogP contribution in [0.1, 0.15) is 58.8 Å². The molecule has 10 heteroatoms. The van der Waals surface area contributed by atoms with Gasteiger partial charge in [0.2, 0.25) is 11.7 Å². The van der Waals surface area contributed by atoms with E-state index in [0.717, 1.165) is 37.9 Å². The molecular weight excluding hydrogens is 485 g/mol. The Labute approximate surface area is 212 Å². The third-order valence-corrected chi connectivity index (χ3v) is 6.37. The summed E-state index contributed by atoms with van der Waals surface area (Å²) in [5.41, 5.74) is 1.10. The normalized spacial score (nSPS) is 17.7. The van der Waals surface area contributed by atoms with Gasteiger partial charge in [-0.05, 0) is 55.5 Å². The van der Waals surface area contributed by atoms with Crippen molar-refractivity contribution < 1.29 is 27.2 Å². The average Bonchev–Trinajstić information content (AvgIpc) is 3.45. The van der Waals surface area contributed by atoms with Gasteiger partial charge in [-0.3, -0.25) is 9.59 Å². The first-order valence-electron chi connectivity index (χ1n) is 12.2. The highest BCUT2D eigenvalue weighted by Crippen LogP contribution is 2.40. The number of benzene rings is 2. The van der Waals surface area contributed by atoms with Crippen molar-refractivity contribution >= 4 is 11.8 Å². The van der Waals surface area contributed by atoms with Crippen molar-refractivity contribution in [3.8, 4) is 0 Å². The molecule has 3 atom stereocenters. The number of unbranched alkanes of at least 4 members (excludes halogenated alkanes) is 1. The lowest BCUT2D eigenvalue weighted by atomic mass is 10.1. The van der Waals surface area contributed by atoms with E-state index in [1.54, 1.807) is 0 Å². The van der Waals surface area contributed by atoms with E-state index < -0.39 is 29.6 Å². The highest BCUT2D eigenvalue weighted by Gasteiger charge is 2.37. The Morgan fingerprint density at radius 1 is 1.05 bits per heavy atom. The van der Waals surface area contributed by atoms with Gasteiger partial charge in [-0.25, -0.2) is 4.98 Å². The van der Waals surface area contributed by atoms with E-state index in [1.165, 1.54) is 23.9 Å². The number of amides is 2. The van der Waals surface area contributed by atoms with Crippen LogP contribution in [0.3, 0.4) is 0 Å². The molecule has 0 saturated heterocycles. The topological polar surface area (TPSA) is 96.3 Å². The second-order valence-electron chi connectivity index (χ2n) is 9.11. The van der Waals surface area contributed by atoms with Gasteiger partial charge in [0, 0.05) is 18.5 Å². The largest absolute Gasteiger partial charge is 0.438 e. The molecule has 3 aromatic rings. The molecule has 1 heterocycles. The maximum Gasteiger partial charge on any atom is 0.416 e. The fourth-order valence-electron chi connectivity index (χ4n) is 4.20. The summed E-state index contributed by atoms with van der Waals surface area (Å²) in [5.74, 6) is -0.463. The minimum Gasteiger partial charge on any atom is -0.438 e. The summed E-state index contributed by atoms with van der Waals surface area (Å²) < 4.78 is 43.3. The van der Waals surface area contributed by atoms with Crippen LogP contribution in [-0.2, 0) is 17.5 Å². The van der Waals surface area contributed by atoms with E-state index >= 15 is 0 Å². The molecule has 1 aliphatic carbocycles. The highest BCUT2D eigenvalue weighted by molar-refractivity contribution is 5.95. The maximum absolute atomic E-state index is 12.9. The molecule has 4 rings (SSSR count). The summed E-state index contributed by atoms with van der Waals surface area (Å²) >= 11 is 0. The molecule has 7 nitrogen and oxygen atoms in total. The number of alkyl halides is 3. The number of oxazole rings is 1. The molecule has 0 aliphatic heterocycles. The predicted molar refractivity (Wildman–Crippen MR) is 130 cm³/mol. The van der Waals surface area contributed by atoms with Gasteiger partial charge >= 0.3 is 6.18 Å². The number of halogens is 3. The number of nitrogens with zero attached hydrogens (tertiary/aromatic N) is 1. The fraction of sp³-hybridized carbons (Fsp3) is 0.370. The first-order chi connectivity index (χ1) is 17.8. The summed E-state index contributed by atoms with van der Waals surface area (Å²) in [6.07, 6.45) is 0.966. The maximum atomic E-state index is 12.9. The molecule has 1 aromatic heterocycles. The second kappa shape index (κ2) is 12.1. The lowest BCUT2D eigenvalue weighted by molar-refractivity contribution is -0.137. The van der Waals surface area contributed by atoms with Crippen LogP contribution in [0, 0.1) is 0 Å². The molecule has 0 radical (unpaired) electrons. The number of nitrogens with one attached hydrogen (secondary N) is 3. The molecule has 0 spiro atoms.